The first kappa shape index (κ1) is 13.6. The van der Waals surface area contributed by atoms with Gasteiger partial charge in [0.2, 0.25) is 0 Å². The Morgan fingerprint density at radius 2 is 1.62 bits per heavy atom. The summed E-state index contributed by atoms with van der Waals surface area (Å²) in [7, 11) is 0. The Balaban J connectivity index is 0.000000126. The predicted molar refractivity (Wildman–Crippen MR) is 85.2 cm³/mol. The third-order valence-electron chi connectivity index (χ3n) is 3.58. The molecule has 0 amide bonds. The molecule has 1 aliphatic heterocycles. The van der Waals surface area contributed by atoms with Crippen LogP contribution in [0.2, 0.25) is 0 Å². The largest absolute Gasteiger partial charge is 0.486 e. The van der Waals surface area contributed by atoms with Crippen molar-refractivity contribution >= 4 is 10.9 Å². The molecule has 0 unspecified atom stereocenters. The molecule has 1 aromatic heterocycles. The van der Waals surface area contributed by atoms with Crippen LogP contribution in [0.15, 0.2) is 48.7 Å². The minimum absolute atomic E-state index is 0.663. The van der Waals surface area contributed by atoms with Gasteiger partial charge in [-0.05, 0) is 43.2 Å². The Morgan fingerprint density at radius 3 is 2.43 bits per heavy atom. The number of aromatic amines is 1. The molecular formula is C18H19NO2. The molecule has 1 N–H and O–H groups in total. The van der Waals surface area contributed by atoms with Crippen molar-refractivity contribution in [1.82, 2.24) is 4.98 Å². The number of aryl methyl sites for hydroxylation is 2. The van der Waals surface area contributed by atoms with Crippen LogP contribution < -0.4 is 9.47 Å². The van der Waals surface area contributed by atoms with Crippen LogP contribution in [0, 0.1) is 13.8 Å². The van der Waals surface area contributed by atoms with E-state index < -0.39 is 0 Å². The molecule has 0 saturated heterocycles. The van der Waals surface area contributed by atoms with Crippen LogP contribution in [-0.4, -0.2) is 18.2 Å². The molecular weight excluding hydrogens is 262 g/mol. The number of nitrogens with one attached hydrogen (secondary N) is 1. The molecule has 2 heterocycles. The molecule has 4 rings (SSSR count). The third-order valence-corrected chi connectivity index (χ3v) is 3.58. The highest BCUT2D eigenvalue weighted by Crippen LogP contribution is 2.32. The summed E-state index contributed by atoms with van der Waals surface area (Å²) in [6, 6.07) is 14.3. The van der Waals surface area contributed by atoms with Crippen LogP contribution in [0.5, 0.6) is 11.5 Å². The summed E-state index contributed by atoms with van der Waals surface area (Å²) < 4.78 is 10.8. The van der Waals surface area contributed by atoms with Crippen molar-refractivity contribution in [3.8, 4) is 11.5 Å². The van der Waals surface area contributed by atoms with E-state index in [1.165, 1.54) is 16.5 Å². The second-order valence-electron chi connectivity index (χ2n) is 5.11. The van der Waals surface area contributed by atoms with E-state index in [2.05, 4.69) is 36.2 Å². The van der Waals surface area contributed by atoms with Gasteiger partial charge in [-0.2, -0.15) is 0 Å². The number of hydrogen-bond acceptors (Lipinski definition) is 2. The van der Waals surface area contributed by atoms with Crippen molar-refractivity contribution in [1.29, 1.82) is 0 Å². The standard InChI is InChI=1S/C9H9N.C9H10O2/c1-7-3-2-4-9-8(7)5-6-10-9;1-7-3-2-4-8-9(7)11-6-5-10-8/h2-6,10H,1H3;2-4H,5-6H2,1H3. The Hall–Kier alpha value is -2.42. The molecule has 2 aromatic carbocycles. The molecule has 0 aliphatic carbocycles. The lowest BCUT2D eigenvalue weighted by Crippen LogP contribution is -2.15. The van der Waals surface area contributed by atoms with E-state index in [4.69, 9.17) is 9.47 Å². The van der Waals surface area contributed by atoms with Gasteiger partial charge in [-0.1, -0.05) is 24.3 Å². The molecule has 21 heavy (non-hydrogen) atoms. The number of benzene rings is 2. The number of rotatable bonds is 0. The van der Waals surface area contributed by atoms with Crippen LogP contribution in [0.4, 0.5) is 0 Å². The molecule has 0 bridgehead atoms. The van der Waals surface area contributed by atoms with E-state index in [0.29, 0.717) is 13.2 Å². The van der Waals surface area contributed by atoms with Gasteiger partial charge < -0.3 is 14.5 Å². The molecule has 108 valence electrons. The van der Waals surface area contributed by atoms with Crippen molar-refractivity contribution in [3.63, 3.8) is 0 Å². The fourth-order valence-electron chi connectivity index (χ4n) is 2.46. The van der Waals surface area contributed by atoms with E-state index >= 15 is 0 Å². The first-order valence-electron chi connectivity index (χ1n) is 7.13. The van der Waals surface area contributed by atoms with Gasteiger partial charge in [0, 0.05) is 17.1 Å². The maximum Gasteiger partial charge on any atom is 0.164 e. The van der Waals surface area contributed by atoms with E-state index in [1.807, 2.05) is 31.3 Å². The smallest absolute Gasteiger partial charge is 0.164 e. The minimum Gasteiger partial charge on any atom is -0.486 e. The van der Waals surface area contributed by atoms with Crippen molar-refractivity contribution in [2.24, 2.45) is 0 Å². The van der Waals surface area contributed by atoms with Crippen LogP contribution in [0.25, 0.3) is 10.9 Å². The molecule has 0 fully saturated rings. The molecule has 0 radical (unpaired) electrons. The lowest BCUT2D eigenvalue weighted by Gasteiger charge is -2.19. The first-order chi connectivity index (χ1) is 10.3. The summed E-state index contributed by atoms with van der Waals surface area (Å²) in [5.74, 6) is 1.77. The first-order valence-corrected chi connectivity index (χ1v) is 7.13. The van der Waals surface area contributed by atoms with Gasteiger partial charge in [-0.15, -0.1) is 0 Å². The SMILES string of the molecule is Cc1cccc2[nH]ccc12.Cc1cccc2c1OCCO2. The quantitative estimate of drug-likeness (QED) is 0.668. The summed E-state index contributed by atoms with van der Waals surface area (Å²) in [4.78, 5) is 3.16. The lowest BCUT2D eigenvalue weighted by molar-refractivity contribution is 0.170. The van der Waals surface area contributed by atoms with E-state index in [9.17, 15) is 0 Å². The van der Waals surface area contributed by atoms with Crippen LogP contribution >= 0.6 is 0 Å². The number of fused-ring (bicyclic) bond motifs is 2. The molecule has 3 aromatic rings. The zero-order valence-corrected chi connectivity index (χ0v) is 12.3. The van der Waals surface area contributed by atoms with Gasteiger partial charge in [0.1, 0.15) is 13.2 Å². The fraction of sp³-hybridized carbons (Fsp3) is 0.222. The van der Waals surface area contributed by atoms with Crippen molar-refractivity contribution in [2.45, 2.75) is 13.8 Å². The molecule has 1 aliphatic rings. The highest BCUT2D eigenvalue weighted by molar-refractivity contribution is 5.82. The highest BCUT2D eigenvalue weighted by atomic mass is 16.6. The molecule has 0 atom stereocenters. The molecule has 0 spiro atoms. The summed E-state index contributed by atoms with van der Waals surface area (Å²) in [6.45, 7) is 5.47. The summed E-state index contributed by atoms with van der Waals surface area (Å²) in [5, 5.41) is 1.32. The number of hydrogen-bond donors (Lipinski definition) is 1. The van der Waals surface area contributed by atoms with Crippen molar-refractivity contribution in [2.75, 3.05) is 13.2 Å². The van der Waals surface area contributed by atoms with Crippen molar-refractivity contribution in [3.05, 3.63) is 59.8 Å². The average molecular weight is 281 g/mol. The predicted octanol–water partition coefficient (Wildman–Crippen LogP) is 4.24. The Labute approximate surface area is 124 Å². The zero-order valence-electron chi connectivity index (χ0n) is 12.3. The maximum absolute atomic E-state index is 5.43. The second kappa shape index (κ2) is 5.92. The molecule has 0 saturated carbocycles. The normalized spacial score (nSPS) is 12.7. The summed E-state index contributed by atoms with van der Waals surface area (Å²) in [6.07, 6.45) is 1.97. The van der Waals surface area contributed by atoms with Gasteiger partial charge in [-0.3, -0.25) is 0 Å². The minimum atomic E-state index is 0.663. The lowest BCUT2D eigenvalue weighted by atomic mass is 10.1. The van der Waals surface area contributed by atoms with Gasteiger partial charge in [0.25, 0.3) is 0 Å². The highest BCUT2D eigenvalue weighted by Gasteiger charge is 2.11. The van der Waals surface area contributed by atoms with Gasteiger partial charge in [-0.25, -0.2) is 0 Å². The van der Waals surface area contributed by atoms with E-state index in [1.54, 1.807) is 0 Å². The van der Waals surface area contributed by atoms with Gasteiger partial charge in [0.15, 0.2) is 11.5 Å². The van der Waals surface area contributed by atoms with Crippen LogP contribution in [0.3, 0.4) is 0 Å². The monoisotopic (exact) mass is 281 g/mol. The Bertz CT molecular complexity index is 746. The topological polar surface area (TPSA) is 34.2 Å². The third kappa shape index (κ3) is 2.87. The summed E-state index contributed by atoms with van der Waals surface area (Å²) >= 11 is 0. The Kier molecular flexibility index (Phi) is 3.82. The zero-order chi connectivity index (χ0) is 14.7. The molecule has 3 heteroatoms. The summed E-state index contributed by atoms with van der Waals surface area (Å²) in [5.41, 5.74) is 3.70. The second-order valence-corrected chi connectivity index (χ2v) is 5.11. The van der Waals surface area contributed by atoms with E-state index in [0.717, 1.165) is 17.1 Å². The Morgan fingerprint density at radius 1 is 0.857 bits per heavy atom. The van der Waals surface area contributed by atoms with Gasteiger partial charge in [0.05, 0.1) is 0 Å². The number of para-hydroxylation sites is 1. The maximum atomic E-state index is 5.43. The average Bonchev–Trinajstić information content (AvgIpc) is 2.99. The van der Waals surface area contributed by atoms with Gasteiger partial charge >= 0.3 is 0 Å². The number of H-pyrrole nitrogens is 1. The number of aromatic nitrogens is 1. The van der Waals surface area contributed by atoms with E-state index in [-0.39, 0.29) is 0 Å². The van der Waals surface area contributed by atoms with Crippen LogP contribution in [0.1, 0.15) is 11.1 Å². The fourth-order valence-corrected chi connectivity index (χ4v) is 2.46. The molecule has 3 nitrogen and oxygen atoms in total. The van der Waals surface area contributed by atoms with Crippen molar-refractivity contribution < 1.29 is 9.47 Å². The van der Waals surface area contributed by atoms with Crippen LogP contribution in [-0.2, 0) is 0 Å². The number of ether oxygens (including phenoxy) is 2.